The lowest BCUT2D eigenvalue weighted by Crippen LogP contribution is -2.47. The Hall–Kier alpha value is -4.33. The van der Waals surface area contributed by atoms with Crippen LogP contribution in [0, 0.1) is 20.8 Å². The van der Waals surface area contributed by atoms with Gasteiger partial charge >= 0.3 is 0 Å². The maximum Gasteiger partial charge on any atom is 0.265 e. The summed E-state index contributed by atoms with van der Waals surface area (Å²) in [4.78, 5) is 35.6. The highest BCUT2D eigenvalue weighted by molar-refractivity contribution is 8.04. The van der Waals surface area contributed by atoms with Crippen molar-refractivity contribution >= 4 is 41.0 Å². The average molecular weight is 631 g/mol. The molecule has 236 valence electrons. The summed E-state index contributed by atoms with van der Waals surface area (Å²) in [5.74, 6) is -0.167. The Bertz CT molecular complexity index is 1740. The maximum atomic E-state index is 13.9. The molecule has 2 heterocycles. The van der Waals surface area contributed by atoms with Crippen molar-refractivity contribution < 1.29 is 9.59 Å². The predicted octanol–water partition coefficient (Wildman–Crippen LogP) is 7.23. The summed E-state index contributed by atoms with van der Waals surface area (Å²) in [6.07, 6.45) is 2.84. The Morgan fingerprint density at radius 3 is 2.39 bits per heavy atom. The lowest BCUT2D eigenvalue weighted by atomic mass is 10.1. The van der Waals surface area contributed by atoms with Crippen LogP contribution in [0.4, 0.5) is 11.4 Å². The normalized spacial score (nSPS) is 16.1. The molecule has 1 saturated heterocycles. The number of hydrogen-bond donors (Lipinski definition) is 1. The standard InChI is InChI=1S/C39H42N4O2S/c1-28-9-7-12-32(23-28)27-43-35-26-33(15-16-36(35)46-37(39(43)45)25-31-10-5-4-6-11-31)38(44)40-17-8-18-41-19-21-42(22-20-41)34-24-29(2)13-14-30(34)3/h4-7,9-16,23-26H,8,17-22,27H2,1-3H3,(H,40,44). The second-order valence-electron chi connectivity index (χ2n) is 12.3. The minimum absolute atomic E-state index is 0.0573. The van der Waals surface area contributed by atoms with Crippen molar-refractivity contribution in [2.24, 2.45) is 0 Å². The summed E-state index contributed by atoms with van der Waals surface area (Å²) in [6.45, 7) is 12.5. The number of carbonyl (C=O) groups excluding carboxylic acids is 2. The van der Waals surface area contributed by atoms with Gasteiger partial charge in [0.1, 0.15) is 0 Å². The fourth-order valence-corrected chi connectivity index (χ4v) is 7.22. The molecule has 2 amide bonds. The van der Waals surface area contributed by atoms with E-state index in [0.717, 1.165) is 66.4 Å². The molecule has 0 atom stereocenters. The molecule has 2 aliphatic rings. The van der Waals surface area contributed by atoms with Crippen molar-refractivity contribution in [3.05, 3.63) is 129 Å². The van der Waals surface area contributed by atoms with Gasteiger partial charge in [0, 0.05) is 48.9 Å². The molecule has 0 aromatic heterocycles. The Morgan fingerprint density at radius 2 is 1.61 bits per heavy atom. The number of thioether (sulfide) groups is 1. The monoisotopic (exact) mass is 630 g/mol. The molecule has 0 aliphatic carbocycles. The number of benzene rings is 4. The number of fused-ring (bicyclic) bond motifs is 1. The van der Waals surface area contributed by atoms with Crippen LogP contribution in [0.25, 0.3) is 6.08 Å². The van der Waals surface area contributed by atoms with Crippen LogP contribution >= 0.6 is 11.8 Å². The highest BCUT2D eigenvalue weighted by Crippen LogP contribution is 2.43. The molecule has 1 fully saturated rings. The SMILES string of the molecule is Cc1cccc(CN2C(=O)C(=Cc3ccccc3)Sc3ccc(C(=O)NCCCN4CCN(c5cc(C)ccc5C)CC4)cc32)c1. The third-order valence-corrected chi connectivity index (χ3v) is 9.80. The molecule has 0 bridgehead atoms. The number of amides is 2. The van der Waals surface area contributed by atoms with Crippen molar-refractivity contribution in [1.82, 2.24) is 10.2 Å². The zero-order valence-corrected chi connectivity index (χ0v) is 27.8. The third kappa shape index (κ3) is 7.54. The van der Waals surface area contributed by atoms with Gasteiger partial charge in [-0.15, -0.1) is 0 Å². The van der Waals surface area contributed by atoms with Crippen LogP contribution in [-0.2, 0) is 11.3 Å². The molecular weight excluding hydrogens is 589 g/mol. The average Bonchev–Trinajstić information content (AvgIpc) is 3.06. The zero-order valence-electron chi connectivity index (χ0n) is 27.0. The second-order valence-corrected chi connectivity index (χ2v) is 13.4. The molecule has 6 nitrogen and oxygen atoms in total. The van der Waals surface area contributed by atoms with E-state index in [-0.39, 0.29) is 11.8 Å². The molecule has 7 heteroatoms. The quantitative estimate of drug-likeness (QED) is 0.156. The minimum atomic E-state index is -0.110. The number of nitrogens with one attached hydrogen (secondary N) is 1. The van der Waals surface area contributed by atoms with E-state index < -0.39 is 0 Å². The van der Waals surface area contributed by atoms with E-state index in [0.29, 0.717) is 23.6 Å². The van der Waals surface area contributed by atoms with E-state index in [9.17, 15) is 9.59 Å². The van der Waals surface area contributed by atoms with Crippen molar-refractivity contribution in [3.8, 4) is 0 Å². The zero-order chi connectivity index (χ0) is 32.0. The maximum absolute atomic E-state index is 13.9. The summed E-state index contributed by atoms with van der Waals surface area (Å²) in [7, 11) is 0. The fourth-order valence-electron chi connectivity index (χ4n) is 6.18. The van der Waals surface area contributed by atoms with Crippen molar-refractivity contribution in [2.75, 3.05) is 49.1 Å². The lowest BCUT2D eigenvalue weighted by Gasteiger charge is -2.37. The first kappa shape index (κ1) is 31.6. The van der Waals surface area contributed by atoms with Crippen LogP contribution in [0.2, 0.25) is 0 Å². The van der Waals surface area contributed by atoms with Gasteiger partial charge in [0.05, 0.1) is 17.1 Å². The summed E-state index contributed by atoms with van der Waals surface area (Å²) in [6, 6.07) is 30.5. The van der Waals surface area contributed by atoms with Crippen molar-refractivity contribution in [2.45, 2.75) is 38.6 Å². The number of rotatable bonds is 9. The molecule has 4 aromatic rings. The van der Waals surface area contributed by atoms with E-state index >= 15 is 0 Å². The van der Waals surface area contributed by atoms with E-state index in [1.54, 1.807) is 0 Å². The number of carbonyl (C=O) groups is 2. The largest absolute Gasteiger partial charge is 0.369 e. The Labute approximate surface area is 277 Å². The predicted molar refractivity (Wildman–Crippen MR) is 191 cm³/mol. The van der Waals surface area contributed by atoms with Crippen molar-refractivity contribution in [1.29, 1.82) is 0 Å². The lowest BCUT2D eigenvalue weighted by molar-refractivity contribution is -0.114. The van der Waals surface area contributed by atoms with Crippen LogP contribution in [0.3, 0.4) is 0 Å². The van der Waals surface area contributed by atoms with Crippen LogP contribution in [0.5, 0.6) is 0 Å². The third-order valence-electron chi connectivity index (χ3n) is 8.72. The topological polar surface area (TPSA) is 55.9 Å². The van der Waals surface area contributed by atoms with Gasteiger partial charge in [-0.05, 0) is 86.3 Å². The van der Waals surface area contributed by atoms with E-state index in [4.69, 9.17) is 0 Å². The van der Waals surface area contributed by atoms with Gasteiger partial charge in [0.2, 0.25) is 0 Å². The Kier molecular flexibility index (Phi) is 9.91. The summed E-state index contributed by atoms with van der Waals surface area (Å²) < 4.78 is 0. The van der Waals surface area contributed by atoms with Gasteiger partial charge in [-0.3, -0.25) is 14.5 Å². The molecule has 2 aliphatic heterocycles. The Morgan fingerprint density at radius 1 is 0.826 bits per heavy atom. The number of piperazine rings is 1. The van der Waals surface area contributed by atoms with E-state index in [1.165, 1.54) is 28.6 Å². The van der Waals surface area contributed by atoms with Gasteiger partial charge in [-0.25, -0.2) is 0 Å². The highest BCUT2D eigenvalue weighted by Gasteiger charge is 2.30. The summed E-state index contributed by atoms with van der Waals surface area (Å²) in [5.41, 5.74) is 8.49. The van der Waals surface area contributed by atoms with Crippen LogP contribution in [0.1, 0.15) is 44.6 Å². The number of aryl methyl sites for hydroxylation is 3. The molecule has 0 unspecified atom stereocenters. The van der Waals surface area contributed by atoms with Gasteiger partial charge in [0.15, 0.2) is 0 Å². The van der Waals surface area contributed by atoms with Crippen LogP contribution in [0.15, 0.2) is 101 Å². The number of nitrogens with zero attached hydrogens (tertiary/aromatic N) is 3. The smallest absolute Gasteiger partial charge is 0.265 e. The number of hydrogen-bond acceptors (Lipinski definition) is 5. The van der Waals surface area contributed by atoms with Gasteiger partial charge in [0.25, 0.3) is 11.8 Å². The summed E-state index contributed by atoms with van der Waals surface area (Å²) >= 11 is 1.46. The molecule has 0 spiro atoms. The number of anilines is 2. The van der Waals surface area contributed by atoms with E-state index in [1.807, 2.05) is 71.6 Å². The molecule has 46 heavy (non-hydrogen) atoms. The molecule has 0 saturated carbocycles. The first-order valence-corrected chi connectivity index (χ1v) is 16.9. The molecule has 6 rings (SSSR count). The molecule has 1 N–H and O–H groups in total. The van der Waals surface area contributed by atoms with Crippen LogP contribution < -0.4 is 15.1 Å². The van der Waals surface area contributed by atoms with Crippen LogP contribution in [-0.4, -0.2) is 56.0 Å². The van der Waals surface area contributed by atoms with Gasteiger partial charge in [-0.1, -0.05) is 84.1 Å². The first-order valence-electron chi connectivity index (χ1n) is 16.1. The highest BCUT2D eigenvalue weighted by atomic mass is 32.2. The van der Waals surface area contributed by atoms with Gasteiger partial charge in [-0.2, -0.15) is 0 Å². The second kappa shape index (κ2) is 14.4. The molecule has 4 aromatic carbocycles. The van der Waals surface area contributed by atoms with E-state index in [2.05, 4.69) is 66.2 Å². The fraction of sp³-hybridized carbons (Fsp3) is 0.282. The Balaban J connectivity index is 1.09. The minimum Gasteiger partial charge on any atom is -0.369 e. The first-order chi connectivity index (χ1) is 22.3. The summed E-state index contributed by atoms with van der Waals surface area (Å²) in [5, 5.41) is 3.12. The molecule has 0 radical (unpaired) electrons. The van der Waals surface area contributed by atoms with Gasteiger partial charge < -0.3 is 15.1 Å². The van der Waals surface area contributed by atoms with Crippen molar-refractivity contribution in [3.63, 3.8) is 0 Å². The molecular formula is C39H42N4O2S.